The summed E-state index contributed by atoms with van der Waals surface area (Å²) in [6.07, 6.45) is -0.205. The highest BCUT2D eigenvalue weighted by atomic mass is 16.2. The lowest BCUT2D eigenvalue weighted by molar-refractivity contribution is -0.115. The second-order valence-electron chi connectivity index (χ2n) is 4.97. The molecule has 0 bridgehead atoms. The first-order valence-corrected chi connectivity index (χ1v) is 6.50. The van der Waals surface area contributed by atoms with Gasteiger partial charge in [-0.1, -0.05) is 19.9 Å². The zero-order valence-electron chi connectivity index (χ0n) is 12.0. The molecule has 0 heterocycles. The van der Waals surface area contributed by atoms with Gasteiger partial charge in [-0.15, -0.1) is 0 Å². The maximum Gasteiger partial charge on any atom is 0.251 e. The maximum atomic E-state index is 12.1. The lowest BCUT2D eigenvalue weighted by Crippen LogP contribution is -2.28. The number of nitrogens with one attached hydrogen (secondary N) is 2. The second-order valence-corrected chi connectivity index (χ2v) is 4.97. The predicted molar refractivity (Wildman–Crippen MR) is 77.2 cm³/mol. The number of hydrogen-bond acceptors (Lipinski definition) is 3. The first kappa shape index (κ1) is 15.7. The average Bonchev–Trinajstić information content (AvgIpc) is 2.38. The van der Waals surface area contributed by atoms with Crippen LogP contribution in [0.4, 0.5) is 5.69 Å². The molecule has 0 aliphatic rings. The number of rotatable bonds is 5. The average molecular weight is 273 g/mol. The molecule has 0 radical (unpaired) electrons. The Balaban J connectivity index is 2.87. The number of nitrogens with zero attached hydrogens (tertiary/aromatic N) is 1. The molecule has 2 amide bonds. The molecule has 0 aliphatic heterocycles. The van der Waals surface area contributed by atoms with E-state index in [9.17, 15) is 9.59 Å². The van der Waals surface area contributed by atoms with E-state index < -0.39 is 0 Å². The summed E-state index contributed by atoms with van der Waals surface area (Å²) in [6, 6.07) is 6.92. The molecule has 0 saturated heterocycles. The van der Waals surface area contributed by atoms with Crippen molar-refractivity contribution in [2.75, 3.05) is 11.9 Å². The van der Waals surface area contributed by atoms with Gasteiger partial charge < -0.3 is 10.6 Å². The monoisotopic (exact) mass is 273 g/mol. The van der Waals surface area contributed by atoms with Crippen LogP contribution in [0, 0.1) is 24.2 Å². The number of carbonyl (C=O) groups is 2. The lowest BCUT2D eigenvalue weighted by atomic mass is 10.1. The van der Waals surface area contributed by atoms with Gasteiger partial charge in [-0.05, 0) is 30.5 Å². The van der Waals surface area contributed by atoms with Gasteiger partial charge in [0.25, 0.3) is 5.91 Å². The van der Waals surface area contributed by atoms with Crippen LogP contribution in [0.15, 0.2) is 18.2 Å². The molecule has 20 heavy (non-hydrogen) atoms. The summed E-state index contributed by atoms with van der Waals surface area (Å²) in [5.74, 6) is -0.166. The molecule has 5 nitrogen and oxygen atoms in total. The van der Waals surface area contributed by atoms with Crippen molar-refractivity contribution in [1.82, 2.24) is 5.32 Å². The van der Waals surface area contributed by atoms with Crippen LogP contribution in [0.2, 0.25) is 0 Å². The molecule has 106 valence electrons. The summed E-state index contributed by atoms with van der Waals surface area (Å²) in [4.78, 5) is 23.5. The van der Waals surface area contributed by atoms with Crippen LogP contribution in [-0.4, -0.2) is 18.4 Å². The molecule has 0 fully saturated rings. The molecule has 0 atom stereocenters. The molecule has 0 spiro atoms. The van der Waals surface area contributed by atoms with Crippen LogP contribution in [0.1, 0.15) is 36.2 Å². The third-order valence-corrected chi connectivity index (χ3v) is 2.76. The Morgan fingerprint density at radius 3 is 2.65 bits per heavy atom. The fraction of sp³-hybridized carbons (Fsp3) is 0.400. The van der Waals surface area contributed by atoms with Crippen molar-refractivity contribution in [3.8, 4) is 6.07 Å². The minimum atomic E-state index is -0.379. The molecule has 1 aromatic carbocycles. The molecule has 0 saturated carbocycles. The quantitative estimate of drug-likeness (QED) is 0.863. The standard InChI is InChI=1S/C15H19N3O2/c1-10(2)9-17-15(20)12-5-4-6-13(11(12)3)18-14(19)7-8-16/h4-6,10H,7,9H2,1-3H3,(H,17,20)(H,18,19). The van der Waals surface area contributed by atoms with E-state index in [4.69, 9.17) is 5.26 Å². The molecule has 0 aliphatic carbocycles. The van der Waals surface area contributed by atoms with Crippen LogP contribution in [-0.2, 0) is 4.79 Å². The van der Waals surface area contributed by atoms with Crippen LogP contribution < -0.4 is 10.6 Å². The highest BCUT2D eigenvalue weighted by Gasteiger charge is 2.13. The smallest absolute Gasteiger partial charge is 0.251 e. The van der Waals surface area contributed by atoms with Gasteiger partial charge in [0.05, 0.1) is 6.07 Å². The second kappa shape index (κ2) is 7.29. The number of hydrogen-bond donors (Lipinski definition) is 2. The third kappa shape index (κ3) is 4.39. The molecule has 5 heteroatoms. The van der Waals surface area contributed by atoms with Gasteiger partial charge in [-0.2, -0.15) is 5.26 Å². The summed E-state index contributed by atoms with van der Waals surface area (Å²) in [6.45, 7) is 6.41. The highest BCUT2D eigenvalue weighted by Crippen LogP contribution is 2.19. The largest absolute Gasteiger partial charge is 0.352 e. The molecular formula is C15H19N3O2. The summed E-state index contributed by atoms with van der Waals surface area (Å²) < 4.78 is 0. The van der Waals surface area contributed by atoms with Gasteiger partial charge >= 0.3 is 0 Å². The van der Waals surface area contributed by atoms with E-state index in [-0.39, 0.29) is 18.2 Å². The van der Waals surface area contributed by atoms with E-state index in [0.29, 0.717) is 29.3 Å². The maximum absolute atomic E-state index is 12.1. The Bertz CT molecular complexity index is 545. The zero-order chi connectivity index (χ0) is 15.1. The predicted octanol–water partition coefficient (Wildman–Crippen LogP) is 2.23. The van der Waals surface area contributed by atoms with Crippen molar-refractivity contribution in [2.45, 2.75) is 27.2 Å². The number of benzene rings is 1. The Labute approximate surface area is 119 Å². The van der Waals surface area contributed by atoms with Crippen molar-refractivity contribution in [3.63, 3.8) is 0 Å². The van der Waals surface area contributed by atoms with E-state index >= 15 is 0 Å². The van der Waals surface area contributed by atoms with Crippen molar-refractivity contribution in [3.05, 3.63) is 29.3 Å². The number of nitriles is 1. The first-order chi connectivity index (χ1) is 9.45. The molecule has 1 aromatic rings. The summed E-state index contributed by atoms with van der Waals surface area (Å²) in [5.41, 5.74) is 1.78. The van der Waals surface area contributed by atoms with Gasteiger partial charge in [0, 0.05) is 17.8 Å². The first-order valence-electron chi connectivity index (χ1n) is 6.50. The van der Waals surface area contributed by atoms with Gasteiger partial charge in [0.15, 0.2) is 0 Å². The number of amides is 2. The summed E-state index contributed by atoms with van der Waals surface area (Å²) in [5, 5.41) is 13.9. The Morgan fingerprint density at radius 1 is 1.35 bits per heavy atom. The van der Waals surface area contributed by atoms with Crippen LogP contribution in [0.3, 0.4) is 0 Å². The van der Waals surface area contributed by atoms with E-state index in [2.05, 4.69) is 10.6 Å². The topological polar surface area (TPSA) is 82.0 Å². The van der Waals surface area contributed by atoms with Crippen molar-refractivity contribution in [1.29, 1.82) is 5.26 Å². The Hall–Kier alpha value is -2.35. The number of carbonyl (C=O) groups excluding carboxylic acids is 2. The van der Waals surface area contributed by atoms with Gasteiger partial charge in [-0.3, -0.25) is 9.59 Å². The lowest BCUT2D eigenvalue weighted by Gasteiger charge is -2.13. The van der Waals surface area contributed by atoms with Crippen molar-refractivity contribution in [2.24, 2.45) is 5.92 Å². The van der Waals surface area contributed by atoms with Crippen LogP contribution in [0.25, 0.3) is 0 Å². The molecule has 0 aromatic heterocycles. The van der Waals surface area contributed by atoms with Crippen LogP contribution in [0.5, 0.6) is 0 Å². The minimum absolute atomic E-state index is 0.160. The number of anilines is 1. The summed E-state index contributed by atoms with van der Waals surface area (Å²) >= 11 is 0. The van der Waals surface area contributed by atoms with E-state index in [1.807, 2.05) is 13.8 Å². The fourth-order valence-corrected chi connectivity index (χ4v) is 1.68. The van der Waals surface area contributed by atoms with Gasteiger partial charge in [-0.25, -0.2) is 0 Å². The van der Waals surface area contributed by atoms with E-state index in [1.165, 1.54) is 0 Å². The fourth-order valence-electron chi connectivity index (χ4n) is 1.68. The summed E-state index contributed by atoms with van der Waals surface area (Å²) in [7, 11) is 0. The van der Waals surface area contributed by atoms with E-state index in [0.717, 1.165) is 0 Å². The van der Waals surface area contributed by atoms with Gasteiger partial charge in [0.2, 0.25) is 5.91 Å². The highest BCUT2D eigenvalue weighted by molar-refractivity contribution is 5.99. The SMILES string of the molecule is Cc1c(NC(=O)CC#N)cccc1C(=O)NCC(C)C. The van der Waals surface area contributed by atoms with E-state index in [1.54, 1.807) is 31.2 Å². The van der Waals surface area contributed by atoms with Crippen molar-refractivity contribution >= 4 is 17.5 Å². The Morgan fingerprint density at radius 2 is 2.05 bits per heavy atom. The third-order valence-electron chi connectivity index (χ3n) is 2.76. The van der Waals surface area contributed by atoms with Gasteiger partial charge in [0.1, 0.15) is 6.42 Å². The normalized spacial score (nSPS) is 9.95. The van der Waals surface area contributed by atoms with Crippen molar-refractivity contribution < 1.29 is 9.59 Å². The van der Waals surface area contributed by atoms with Crippen LogP contribution >= 0.6 is 0 Å². The Kier molecular flexibility index (Phi) is 5.73. The molecule has 2 N–H and O–H groups in total. The molecule has 1 rings (SSSR count). The zero-order valence-corrected chi connectivity index (χ0v) is 12.0. The minimum Gasteiger partial charge on any atom is -0.352 e. The molecule has 0 unspecified atom stereocenters. The molecular weight excluding hydrogens is 254 g/mol.